The molecule has 1 aliphatic carbocycles. The number of nitrogens with one attached hydrogen (secondary N) is 2. The zero-order valence-corrected chi connectivity index (χ0v) is 21.1. The number of fused-ring (bicyclic) bond motifs is 1. The summed E-state index contributed by atoms with van der Waals surface area (Å²) >= 11 is 1.42. The van der Waals surface area contributed by atoms with Crippen LogP contribution >= 0.6 is 11.9 Å². The maximum atomic E-state index is 14.8. The maximum Gasteiger partial charge on any atom is 0.337 e. The third kappa shape index (κ3) is 3.95. The van der Waals surface area contributed by atoms with Crippen LogP contribution in [0, 0.1) is 19.7 Å². The Balaban J connectivity index is 1.86. The summed E-state index contributed by atoms with van der Waals surface area (Å²) < 4.78 is 23.2. The van der Waals surface area contributed by atoms with E-state index in [-0.39, 0.29) is 34.0 Å². The Morgan fingerprint density at radius 2 is 1.89 bits per heavy atom. The molecule has 0 bridgehead atoms. The van der Waals surface area contributed by atoms with Crippen molar-refractivity contribution in [1.29, 1.82) is 0 Å². The van der Waals surface area contributed by atoms with Crippen LogP contribution in [0.1, 0.15) is 30.0 Å². The summed E-state index contributed by atoms with van der Waals surface area (Å²) in [4.78, 5) is 40.8. The fraction of sp³-hybridized carbons (Fsp3) is 0.333. The number of nitrogens with zero attached hydrogens (tertiary/aromatic N) is 5. The Kier molecular flexibility index (Phi) is 6.08. The lowest BCUT2D eigenvalue weighted by Gasteiger charge is -2.19. The molecule has 3 aromatic heterocycles. The van der Waals surface area contributed by atoms with Gasteiger partial charge in [0.1, 0.15) is 22.9 Å². The second kappa shape index (κ2) is 9.10. The van der Waals surface area contributed by atoms with E-state index < -0.39 is 22.6 Å². The third-order valence-corrected chi connectivity index (χ3v) is 7.01. The van der Waals surface area contributed by atoms with Gasteiger partial charge in [0.05, 0.1) is 11.2 Å². The van der Waals surface area contributed by atoms with Gasteiger partial charge in [0, 0.05) is 30.9 Å². The van der Waals surface area contributed by atoms with Crippen molar-refractivity contribution in [2.45, 2.75) is 38.6 Å². The maximum absolute atomic E-state index is 14.8. The first kappa shape index (κ1) is 24.1. The van der Waals surface area contributed by atoms with Crippen molar-refractivity contribution in [3.8, 4) is 5.82 Å². The van der Waals surface area contributed by atoms with Crippen molar-refractivity contribution in [2.75, 3.05) is 12.4 Å². The van der Waals surface area contributed by atoms with Gasteiger partial charge < -0.3 is 5.32 Å². The van der Waals surface area contributed by atoms with E-state index in [4.69, 9.17) is 0 Å². The second-order valence-corrected chi connectivity index (χ2v) is 9.84. The zero-order valence-electron chi connectivity index (χ0n) is 20.3. The highest BCUT2D eigenvalue weighted by molar-refractivity contribution is 7.96. The van der Waals surface area contributed by atoms with Crippen LogP contribution in [0.25, 0.3) is 16.7 Å². The monoisotopic (exact) mass is 511 g/mol. The Morgan fingerprint density at radius 1 is 1.14 bits per heavy atom. The van der Waals surface area contributed by atoms with Crippen LogP contribution in [0.3, 0.4) is 0 Å². The van der Waals surface area contributed by atoms with Crippen LogP contribution in [0.2, 0.25) is 0 Å². The van der Waals surface area contributed by atoms with Crippen molar-refractivity contribution in [2.24, 2.45) is 7.05 Å². The van der Waals surface area contributed by atoms with Crippen LogP contribution < -0.4 is 26.8 Å². The van der Waals surface area contributed by atoms with Crippen molar-refractivity contribution < 1.29 is 4.39 Å². The number of anilines is 2. The quantitative estimate of drug-likeness (QED) is 0.368. The highest BCUT2D eigenvalue weighted by Gasteiger charge is 2.32. The summed E-state index contributed by atoms with van der Waals surface area (Å²) in [5, 5.41) is 7.61. The number of aromatic nitrogens is 5. The molecule has 4 aromatic rings. The van der Waals surface area contributed by atoms with Gasteiger partial charge in [-0.15, -0.1) is 0 Å². The molecule has 2 N–H and O–H groups in total. The largest absolute Gasteiger partial charge is 0.338 e. The molecule has 0 atom stereocenters. The van der Waals surface area contributed by atoms with E-state index >= 15 is 0 Å². The summed E-state index contributed by atoms with van der Waals surface area (Å²) in [5.41, 5.74) is -0.260. The fourth-order valence-electron chi connectivity index (χ4n) is 4.35. The summed E-state index contributed by atoms with van der Waals surface area (Å²) in [5.74, 6) is 0.375. The molecular weight excluding hydrogens is 485 g/mol. The first-order chi connectivity index (χ1) is 17.2. The fourth-order valence-corrected chi connectivity index (χ4v) is 4.76. The number of hydrogen-bond donors (Lipinski definition) is 2. The average molecular weight is 512 g/mol. The van der Waals surface area contributed by atoms with Gasteiger partial charge in [0.25, 0.3) is 11.1 Å². The van der Waals surface area contributed by atoms with Crippen molar-refractivity contribution in [1.82, 2.24) is 28.2 Å². The van der Waals surface area contributed by atoms with Crippen molar-refractivity contribution in [3.63, 3.8) is 0 Å². The summed E-state index contributed by atoms with van der Waals surface area (Å²) in [7, 11) is 3.31. The van der Waals surface area contributed by atoms with Crippen molar-refractivity contribution in [3.05, 3.63) is 78.6 Å². The minimum absolute atomic E-state index is 0.113. The van der Waals surface area contributed by atoms with Gasteiger partial charge in [0.15, 0.2) is 5.82 Å². The minimum atomic E-state index is -0.551. The lowest BCUT2D eigenvalue weighted by molar-refractivity contribution is 0.629. The van der Waals surface area contributed by atoms with E-state index in [2.05, 4.69) is 15.1 Å². The Morgan fingerprint density at radius 3 is 2.56 bits per heavy atom. The number of benzene rings is 1. The van der Waals surface area contributed by atoms with E-state index in [0.29, 0.717) is 24.5 Å². The molecule has 0 unspecified atom stereocenters. The molecule has 12 heteroatoms. The molecule has 1 fully saturated rings. The predicted octanol–water partition coefficient (Wildman–Crippen LogP) is 2.71. The predicted molar refractivity (Wildman–Crippen MR) is 139 cm³/mol. The van der Waals surface area contributed by atoms with Gasteiger partial charge in [-0.1, -0.05) is 18.0 Å². The standard InChI is InChI=1S/C24H26FN7O3S/c1-13-5-8-17(16(25)11-13)27-21-19-20(14(2)22(33)29(21)4)32(18-9-10-30(28-18)12-36-26-3)24(35)31(23(19)34)15-6-7-15/h5,8-11,15,26-27H,6-7,12H2,1-4H3. The van der Waals surface area contributed by atoms with Gasteiger partial charge in [-0.2, -0.15) is 5.10 Å². The first-order valence-electron chi connectivity index (χ1n) is 11.5. The van der Waals surface area contributed by atoms with Gasteiger partial charge >= 0.3 is 5.69 Å². The number of pyridine rings is 1. The molecule has 0 spiro atoms. The third-order valence-electron chi connectivity index (χ3n) is 6.33. The van der Waals surface area contributed by atoms with Crippen LogP contribution in [0.5, 0.6) is 0 Å². The molecule has 1 aliphatic rings. The topological polar surface area (TPSA) is 108 Å². The van der Waals surface area contributed by atoms with Gasteiger partial charge in [-0.05, 0) is 51.4 Å². The number of halogens is 1. The lowest BCUT2D eigenvalue weighted by atomic mass is 10.1. The highest BCUT2D eigenvalue weighted by Crippen LogP contribution is 2.34. The highest BCUT2D eigenvalue weighted by atomic mass is 32.2. The molecule has 5 rings (SSSR count). The van der Waals surface area contributed by atoms with E-state index in [0.717, 1.165) is 5.56 Å². The average Bonchev–Trinajstić information content (AvgIpc) is 3.57. The minimum Gasteiger partial charge on any atom is -0.338 e. The molecule has 0 radical (unpaired) electrons. The Labute approximate surface area is 209 Å². The summed E-state index contributed by atoms with van der Waals surface area (Å²) in [6.07, 6.45) is 3.13. The first-order valence-corrected chi connectivity index (χ1v) is 12.5. The lowest BCUT2D eigenvalue weighted by Crippen LogP contribution is -2.41. The van der Waals surface area contributed by atoms with E-state index in [1.807, 2.05) is 0 Å². The molecule has 3 heterocycles. The zero-order chi connectivity index (χ0) is 25.7. The number of hydrogen-bond acceptors (Lipinski definition) is 7. The van der Waals surface area contributed by atoms with E-state index in [1.54, 1.807) is 50.0 Å². The normalized spacial score (nSPS) is 13.5. The molecule has 36 heavy (non-hydrogen) atoms. The van der Waals surface area contributed by atoms with Gasteiger partial charge in [0.2, 0.25) is 0 Å². The summed E-state index contributed by atoms with van der Waals surface area (Å²) in [6.45, 7) is 3.34. The molecule has 0 amide bonds. The molecule has 10 nitrogen and oxygen atoms in total. The van der Waals surface area contributed by atoms with Crippen LogP contribution in [0.15, 0.2) is 44.8 Å². The van der Waals surface area contributed by atoms with Crippen LogP contribution in [-0.2, 0) is 12.9 Å². The molecule has 0 saturated heterocycles. The molecular formula is C24H26FN7O3S. The molecule has 188 valence electrons. The smallest absolute Gasteiger partial charge is 0.337 e. The molecule has 0 aliphatic heterocycles. The second-order valence-electron chi connectivity index (χ2n) is 8.88. The van der Waals surface area contributed by atoms with Crippen LogP contribution in [0.4, 0.5) is 15.9 Å². The van der Waals surface area contributed by atoms with E-state index in [9.17, 15) is 18.8 Å². The molecule has 1 aromatic carbocycles. The Bertz CT molecular complexity index is 1680. The van der Waals surface area contributed by atoms with Crippen LogP contribution in [-0.4, -0.2) is 30.5 Å². The van der Waals surface area contributed by atoms with Gasteiger partial charge in [-0.25, -0.2) is 13.8 Å². The number of rotatable bonds is 7. The van der Waals surface area contributed by atoms with Gasteiger partial charge in [-0.3, -0.25) is 28.1 Å². The SMILES string of the molecule is CNSCn1ccc(-n2c(=O)n(C3CC3)c(=O)c3c(Nc4ccc(C)cc4F)n(C)c(=O)c(C)c32)n1. The van der Waals surface area contributed by atoms with Crippen molar-refractivity contribution >= 4 is 34.4 Å². The Hall–Kier alpha value is -3.64. The molecule has 1 saturated carbocycles. The summed E-state index contributed by atoms with van der Waals surface area (Å²) in [6, 6.07) is 6.09. The number of aryl methyl sites for hydroxylation is 2. The van der Waals surface area contributed by atoms with E-state index in [1.165, 1.54) is 38.8 Å².